The molecule has 1 aromatic carbocycles. The lowest BCUT2D eigenvalue weighted by Crippen LogP contribution is -2.31. The highest BCUT2D eigenvalue weighted by molar-refractivity contribution is 5.23. The first-order valence-corrected chi connectivity index (χ1v) is 4.09. The van der Waals surface area contributed by atoms with Gasteiger partial charge < -0.3 is 11.5 Å². The van der Waals surface area contributed by atoms with Crippen molar-refractivity contribution in [3.63, 3.8) is 0 Å². The Morgan fingerprint density at radius 1 is 1.07 bits per heavy atom. The van der Waals surface area contributed by atoms with Gasteiger partial charge in [-0.15, -0.1) is 0 Å². The van der Waals surface area contributed by atoms with Gasteiger partial charge in [0.1, 0.15) is 0 Å². The summed E-state index contributed by atoms with van der Waals surface area (Å²) in [5, 5.41) is 0. The minimum atomic E-state index is -1.49. The van der Waals surface area contributed by atoms with Gasteiger partial charge in [0.15, 0.2) is 17.5 Å². The van der Waals surface area contributed by atoms with E-state index in [9.17, 15) is 13.2 Å². The summed E-state index contributed by atoms with van der Waals surface area (Å²) < 4.78 is 38.1. The molecule has 0 saturated carbocycles. The normalized spacial score (nSPS) is 15.3. The summed E-state index contributed by atoms with van der Waals surface area (Å²) in [5.41, 5.74) is 11.1. The van der Waals surface area contributed by atoms with Gasteiger partial charge in [-0.3, -0.25) is 0 Å². The largest absolute Gasteiger partial charge is 0.326 e. The average Bonchev–Trinajstić information content (AvgIpc) is 2.12. The molecule has 0 spiro atoms. The Labute approximate surface area is 79.7 Å². The first kappa shape index (κ1) is 11.0. The van der Waals surface area contributed by atoms with Crippen LogP contribution in [0.2, 0.25) is 0 Å². The molecule has 78 valence electrons. The third kappa shape index (κ3) is 2.05. The summed E-state index contributed by atoms with van der Waals surface area (Å²) in [6, 6.07) is 0.540. The van der Waals surface area contributed by atoms with Crippen molar-refractivity contribution in [2.45, 2.75) is 19.0 Å². The van der Waals surface area contributed by atoms with Crippen molar-refractivity contribution >= 4 is 0 Å². The molecule has 2 nitrogen and oxygen atoms in total. The standard InChI is InChI=1S/C9H11F3N2/c1-4(13)9(14)5-2-6(10)8(12)7(11)3-5/h2-4,9H,13-14H2,1H3. The van der Waals surface area contributed by atoms with E-state index in [0.29, 0.717) is 0 Å². The predicted octanol–water partition coefficient (Wildman–Crippen LogP) is 1.45. The van der Waals surface area contributed by atoms with E-state index >= 15 is 0 Å². The third-order valence-electron chi connectivity index (χ3n) is 1.96. The van der Waals surface area contributed by atoms with Gasteiger partial charge in [-0.05, 0) is 24.6 Å². The predicted molar refractivity (Wildman–Crippen MR) is 46.9 cm³/mol. The van der Waals surface area contributed by atoms with E-state index in [-0.39, 0.29) is 5.56 Å². The summed E-state index contributed by atoms with van der Waals surface area (Å²) in [6.07, 6.45) is 0. The molecule has 0 saturated heterocycles. The number of hydrogen-bond donors (Lipinski definition) is 2. The Balaban J connectivity index is 3.12. The summed E-state index contributed by atoms with van der Waals surface area (Å²) in [4.78, 5) is 0. The van der Waals surface area contributed by atoms with E-state index in [4.69, 9.17) is 11.5 Å². The van der Waals surface area contributed by atoms with E-state index in [1.54, 1.807) is 6.92 Å². The summed E-state index contributed by atoms with van der Waals surface area (Å²) in [5.74, 6) is -4.00. The van der Waals surface area contributed by atoms with Gasteiger partial charge in [-0.25, -0.2) is 13.2 Å². The zero-order valence-corrected chi connectivity index (χ0v) is 7.60. The van der Waals surface area contributed by atoms with Crippen molar-refractivity contribution in [2.24, 2.45) is 11.5 Å². The Hall–Kier alpha value is -1.07. The van der Waals surface area contributed by atoms with E-state index in [2.05, 4.69) is 0 Å². The van der Waals surface area contributed by atoms with Gasteiger partial charge in [0, 0.05) is 12.1 Å². The van der Waals surface area contributed by atoms with E-state index in [1.165, 1.54) is 0 Å². The third-order valence-corrected chi connectivity index (χ3v) is 1.96. The zero-order valence-electron chi connectivity index (χ0n) is 7.60. The summed E-state index contributed by atoms with van der Waals surface area (Å²) >= 11 is 0. The van der Waals surface area contributed by atoms with Crippen LogP contribution in [-0.2, 0) is 0 Å². The molecule has 0 aromatic heterocycles. The van der Waals surface area contributed by atoms with Crippen molar-refractivity contribution in [2.75, 3.05) is 0 Å². The molecule has 0 bridgehead atoms. The lowest BCUT2D eigenvalue weighted by atomic mass is 10.0. The molecular formula is C9H11F3N2. The lowest BCUT2D eigenvalue weighted by molar-refractivity contribution is 0.441. The van der Waals surface area contributed by atoms with Crippen molar-refractivity contribution < 1.29 is 13.2 Å². The Morgan fingerprint density at radius 3 is 1.86 bits per heavy atom. The highest BCUT2D eigenvalue weighted by atomic mass is 19.2. The highest BCUT2D eigenvalue weighted by Crippen LogP contribution is 2.19. The molecule has 14 heavy (non-hydrogen) atoms. The number of rotatable bonds is 2. The second kappa shape index (κ2) is 3.98. The fraction of sp³-hybridized carbons (Fsp3) is 0.333. The smallest absolute Gasteiger partial charge is 0.194 e. The Bertz CT molecular complexity index is 316. The molecule has 2 atom stereocenters. The molecule has 1 rings (SSSR count). The number of hydrogen-bond acceptors (Lipinski definition) is 2. The molecule has 0 radical (unpaired) electrons. The van der Waals surface area contributed by atoms with Crippen molar-refractivity contribution in [3.8, 4) is 0 Å². The van der Waals surface area contributed by atoms with Gasteiger partial charge in [-0.2, -0.15) is 0 Å². The van der Waals surface area contributed by atoms with E-state index < -0.39 is 29.5 Å². The van der Waals surface area contributed by atoms with Crippen molar-refractivity contribution in [1.82, 2.24) is 0 Å². The topological polar surface area (TPSA) is 52.0 Å². The average molecular weight is 204 g/mol. The van der Waals surface area contributed by atoms with Crippen LogP contribution in [-0.4, -0.2) is 6.04 Å². The van der Waals surface area contributed by atoms with E-state index in [1.807, 2.05) is 0 Å². The zero-order chi connectivity index (χ0) is 10.9. The molecule has 0 aliphatic carbocycles. The Morgan fingerprint density at radius 2 is 1.50 bits per heavy atom. The monoisotopic (exact) mass is 204 g/mol. The van der Waals surface area contributed by atoms with Crippen LogP contribution < -0.4 is 11.5 Å². The second-order valence-corrected chi connectivity index (χ2v) is 3.18. The molecule has 0 heterocycles. The van der Waals surface area contributed by atoms with Gasteiger partial charge >= 0.3 is 0 Å². The molecule has 1 aromatic rings. The summed E-state index contributed by atoms with van der Waals surface area (Å²) in [6.45, 7) is 1.60. The molecule has 4 N–H and O–H groups in total. The molecule has 0 aliphatic heterocycles. The number of benzene rings is 1. The molecule has 0 aliphatic rings. The quantitative estimate of drug-likeness (QED) is 0.716. The molecular weight excluding hydrogens is 193 g/mol. The number of halogens is 3. The fourth-order valence-electron chi connectivity index (χ4n) is 1.07. The van der Waals surface area contributed by atoms with Gasteiger partial charge in [0.2, 0.25) is 0 Å². The van der Waals surface area contributed by atoms with Crippen molar-refractivity contribution in [3.05, 3.63) is 35.1 Å². The molecule has 2 unspecified atom stereocenters. The van der Waals surface area contributed by atoms with Crippen LogP contribution in [0.5, 0.6) is 0 Å². The first-order valence-electron chi connectivity index (χ1n) is 4.09. The SMILES string of the molecule is CC(N)C(N)c1cc(F)c(F)c(F)c1. The minimum absolute atomic E-state index is 0.149. The Kier molecular flexibility index (Phi) is 3.13. The van der Waals surface area contributed by atoms with Crippen LogP contribution in [0.3, 0.4) is 0 Å². The van der Waals surface area contributed by atoms with E-state index in [0.717, 1.165) is 12.1 Å². The first-order chi connectivity index (χ1) is 6.43. The van der Waals surface area contributed by atoms with Crippen LogP contribution >= 0.6 is 0 Å². The van der Waals surface area contributed by atoms with Crippen molar-refractivity contribution in [1.29, 1.82) is 0 Å². The number of nitrogens with two attached hydrogens (primary N) is 2. The van der Waals surface area contributed by atoms with Gasteiger partial charge in [0.05, 0.1) is 0 Å². The maximum Gasteiger partial charge on any atom is 0.194 e. The van der Waals surface area contributed by atoms with Crippen LogP contribution in [0.25, 0.3) is 0 Å². The molecule has 0 amide bonds. The maximum absolute atomic E-state index is 12.8. The minimum Gasteiger partial charge on any atom is -0.326 e. The second-order valence-electron chi connectivity index (χ2n) is 3.18. The van der Waals surface area contributed by atoms with Gasteiger partial charge in [-0.1, -0.05) is 0 Å². The van der Waals surface area contributed by atoms with Gasteiger partial charge in [0.25, 0.3) is 0 Å². The maximum atomic E-state index is 12.8. The lowest BCUT2D eigenvalue weighted by Gasteiger charge is -2.16. The molecule has 5 heteroatoms. The van der Waals surface area contributed by atoms with Crippen LogP contribution in [0.4, 0.5) is 13.2 Å². The van der Waals surface area contributed by atoms with Crippen LogP contribution in [0, 0.1) is 17.5 Å². The molecule has 0 fully saturated rings. The summed E-state index contributed by atoms with van der Waals surface area (Å²) in [7, 11) is 0. The van der Waals surface area contributed by atoms with Crippen LogP contribution in [0.15, 0.2) is 12.1 Å². The highest BCUT2D eigenvalue weighted by Gasteiger charge is 2.16. The fourth-order valence-corrected chi connectivity index (χ4v) is 1.07. The van der Waals surface area contributed by atoms with Crippen LogP contribution in [0.1, 0.15) is 18.5 Å².